The van der Waals surface area contributed by atoms with Crippen molar-refractivity contribution in [3.63, 3.8) is 0 Å². The Balaban J connectivity index is 1.40. The third-order valence-electron chi connectivity index (χ3n) is 6.16. The van der Waals surface area contributed by atoms with Gasteiger partial charge in [0, 0.05) is 24.5 Å². The van der Waals surface area contributed by atoms with Gasteiger partial charge in [-0.15, -0.1) is 0 Å². The monoisotopic (exact) mass is 502 g/mol. The van der Waals surface area contributed by atoms with E-state index in [9.17, 15) is 14.7 Å². The first-order valence-corrected chi connectivity index (χ1v) is 11.9. The first-order chi connectivity index (χ1) is 17.4. The zero-order valence-corrected chi connectivity index (χ0v) is 20.5. The maximum absolute atomic E-state index is 13.1. The molecule has 2 N–H and O–H groups in total. The summed E-state index contributed by atoms with van der Waals surface area (Å²) < 4.78 is 6.02. The molecular formula is C27H23ClN4O4. The number of nitrogens with zero attached hydrogens (tertiary/aromatic N) is 3. The van der Waals surface area contributed by atoms with E-state index in [0.717, 1.165) is 16.5 Å². The predicted molar refractivity (Wildman–Crippen MR) is 139 cm³/mol. The number of benzene rings is 2. The molecule has 4 aromatic rings. The van der Waals surface area contributed by atoms with Crippen LogP contribution in [0.1, 0.15) is 38.8 Å². The minimum atomic E-state index is -0.983. The molecule has 3 heterocycles. The Hall–Kier alpha value is -4.17. The molecule has 8 nitrogen and oxygen atoms in total. The average Bonchev–Trinajstić information content (AvgIpc) is 2.98. The average molecular weight is 503 g/mol. The minimum absolute atomic E-state index is 0.228. The van der Waals surface area contributed by atoms with Crippen LogP contribution >= 0.6 is 11.6 Å². The molecule has 0 saturated carbocycles. The SMILES string of the molecule is CCN1c2ncc(CCOc3ccc(C(=O)O)c4ccccc34)cc2C(=O)Nc2c(C)cc(Cl)nc21. The molecule has 0 bridgehead atoms. The summed E-state index contributed by atoms with van der Waals surface area (Å²) in [5.74, 6) is 0.433. The Labute approximate surface area is 212 Å². The van der Waals surface area contributed by atoms with Crippen LogP contribution in [-0.2, 0) is 6.42 Å². The number of anilines is 3. The van der Waals surface area contributed by atoms with Crippen LogP contribution in [0.15, 0.2) is 54.7 Å². The van der Waals surface area contributed by atoms with Crippen molar-refractivity contribution in [2.75, 3.05) is 23.4 Å². The van der Waals surface area contributed by atoms with Crippen LogP contribution in [0.5, 0.6) is 5.75 Å². The van der Waals surface area contributed by atoms with Crippen LogP contribution in [0.3, 0.4) is 0 Å². The third kappa shape index (κ3) is 4.20. The van der Waals surface area contributed by atoms with Gasteiger partial charge in [0.25, 0.3) is 5.91 Å². The lowest BCUT2D eigenvalue weighted by atomic mass is 10.0. The molecule has 5 rings (SSSR count). The quantitative estimate of drug-likeness (QED) is 0.329. The smallest absolute Gasteiger partial charge is 0.336 e. The number of rotatable bonds is 6. The van der Waals surface area contributed by atoms with Crippen molar-refractivity contribution in [2.24, 2.45) is 0 Å². The molecule has 0 unspecified atom stereocenters. The van der Waals surface area contributed by atoms with Crippen molar-refractivity contribution in [2.45, 2.75) is 20.3 Å². The normalized spacial score (nSPS) is 12.5. The maximum atomic E-state index is 13.1. The van der Waals surface area contributed by atoms with Crippen molar-refractivity contribution in [1.82, 2.24) is 9.97 Å². The highest BCUT2D eigenvalue weighted by Crippen LogP contribution is 2.38. The molecule has 1 aliphatic heterocycles. The lowest BCUT2D eigenvalue weighted by molar-refractivity contribution is 0.0698. The fourth-order valence-electron chi connectivity index (χ4n) is 4.43. The third-order valence-corrected chi connectivity index (χ3v) is 6.36. The lowest BCUT2D eigenvalue weighted by Gasteiger charge is -2.23. The van der Waals surface area contributed by atoms with Crippen LogP contribution in [0.4, 0.5) is 17.3 Å². The molecule has 9 heteroatoms. The standard InChI is InChI=1S/C27H23ClN4O4/c1-3-32-24-20(26(33)31-23-15(2)12-22(28)30-25(23)32)13-16(14-29-24)10-11-36-21-9-8-19(27(34)35)17-6-4-5-7-18(17)21/h4-9,12-14H,3,10-11H2,1-2H3,(H,31,33)(H,34,35). The van der Waals surface area contributed by atoms with Gasteiger partial charge in [0.1, 0.15) is 16.7 Å². The van der Waals surface area contributed by atoms with E-state index in [4.69, 9.17) is 16.3 Å². The summed E-state index contributed by atoms with van der Waals surface area (Å²) in [5, 5.41) is 14.1. The lowest BCUT2D eigenvalue weighted by Crippen LogP contribution is -2.20. The zero-order valence-electron chi connectivity index (χ0n) is 19.7. The van der Waals surface area contributed by atoms with E-state index < -0.39 is 5.97 Å². The van der Waals surface area contributed by atoms with Gasteiger partial charge in [-0.25, -0.2) is 14.8 Å². The molecule has 0 spiro atoms. The molecule has 182 valence electrons. The molecule has 36 heavy (non-hydrogen) atoms. The highest BCUT2D eigenvalue weighted by Gasteiger charge is 2.28. The van der Waals surface area contributed by atoms with Gasteiger partial charge in [-0.1, -0.05) is 35.9 Å². The summed E-state index contributed by atoms with van der Waals surface area (Å²) in [6, 6.07) is 14.0. The molecule has 1 amide bonds. The maximum Gasteiger partial charge on any atom is 0.336 e. The van der Waals surface area contributed by atoms with Crippen molar-refractivity contribution in [3.05, 3.63) is 82.1 Å². The number of ether oxygens (including phenoxy) is 1. The van der Waals surface area contributed by atoms with Gasteiger partial charge in [-0.05, 0) is 54.6 Å². The number of aromatic carboxylic acids is 1. The summed E-state index contributed by atoms with van der Waals surface area (Å²) in [6.07, 6.45) is 2.23. The molecule has 2 aromatic heterocycles. The number of halogens is 1. The first kappa shape index (κ1) is 23.6. The Morgan fingerprint density at radius 1 is 1.14 bits per heavy atom. The first-order valence-electron chi connectivity index (χ1n) is 11.5. The van der Waals surface area contributed by atoms with Crippen LogP contribution in [0.25, 0.3) is 10.8 Å². The second-order valence-electron chi connectivity index (χ2n) is 8.43. The fraction of sp³-hybridized carbons (Fsp3) is 0.185. The van der Waals surface area contributed by atoms with Gasteiger partial charge < -0.3 is 20.1 Å². The predicted octanol–water partition coefficient (Wildman–Crippen LogP) is 5.64. The molecule has 2 aromatic carbocycles. The Morgan fingerprint density at radius 2 is 1.92 bits per heavy atom. The minimum Gasteiger partial charge on any atom is -0.493 e. The van der Waals surface area contributed by atoms with E-state index in [1.165, 1.54) is 0 Å². The van der Waals surface area contributed by atoms with Gasteiger partial charge >= 0.3 is 5.97 Å². The van der Waals surface area contributed by atoms with Crippen molar-refractivity contribution < 1.29 is 19.4 Å². The Kier molecular flexibility index (Phi) is 6.20. The number of nitrogens with one attached hydrogen (secondary N) is 1. The van der Waals surface area contributed by atoms with Gasteiger partial charge in [-0.2, -0.15) is 0 Å². The Bertz CT molecular complexity index is 1520. The van der Waals surface area contributed by atoms with Crippen molar-refractivity contribution in [1.29, 1.82) is 0 Å². The summed E-state index contributed by atoms with van der Waals surface area (Å²) in [7, 11) is 0. The van der Waals surface area contributed by atoms with Crippen LogP contribution in [0, 0.1) is 6.92 Å². The van der Waals surface area contributed by atoms with Crippen molar-refractivity contribution >= 4 is 51.6 Å². The number of amides is 1. The summed E-state index contributed by atoms with van der Waals surface area (Å²) in [4.78, 5) is 35.6. The van der Waals surface area contributed by atoms with Crippen LogP contribution in [0.2, 0.25) is 5.15 Å². The van der Waals surface area contributed by atoms with E-state index in [1.54, 1.807) is 36.5 Å². The van der Waals surface area contributed by atoms with E-state index >= 15 is 0 Å². The number of fused-ring (bicyclic) bond motifs is 3. The number of hydrogen-bond donors (Lipinski definition) is 2. The number of carbonyl (C=O) groups is 2. The molecule has 0 atom stereocenters. The van der Waals surface area contributed by atoms with Gasteiger partial charge in [0.2, 0.25) is 0 Å². The fourth-order valence-corrected chi connectivity index (χ4v) is 4.67. The highest BCUT2D eigenvalue weighted by molar-refractivity contribution is 6.30. The molecule has 0 fully saturated rings. The van der Waals surface area contributed by atoms with Gasteiger partial charge in [0.15, 0.2) is 5.82 Å². The number of carboxylic acid groups (broad SMARTS) is 1. The van der Waals surface area contributed by atoms with Gasteiger partial charge in [-0.3, -0.25) is 4.79 Å². The number of carbonyl (C=O) groups excluding carboxylic acids is 1. The number of pyridine rings is 2. The van der Waals surface area contributed by atoms with Crippen molar-refractivity contribution in [3.8, 4) is 5.75 Å². The largest absolute Gasteiger partial charge is 0.493 e. The second kappa shape index (κ2) is 9.47. The number of carboxylic acids is 1. The summed E-state index contributed by atoms with van der Waals surface area (Å²) in [5.41, 5.74) is 2.94. The molecule has 0 aliphatic carbocycles. The van der Waals surface area contributed by atoms with E-state index in [-0.39, 0.29) is 11.5 Å². The van der Waals surface area contributed by atoms with Gasteiger partial charge in [0.05, 0.1) is 23.4 Å². The Morgan fingerprint density at radius 3 is 2.67 bits per heavy atom. The number of aromatic nitrogens is 2. The van der Waals surface area contributed by atoms with Crippen LogP contribution in [-0.4, -0.2) is 40.1 Å². The number of hydrogen-bond acceptors (Lipinski definition) is 6. The highest BCUT2D eigenvalue weighted by atomic mass is 35.5. The number of aryl methyl sites for hydroxylation is 1. The molecule has 0 saturated heterocycles. The molecular weight excluding hydrogens is 480 g/mol. The molecule has 1 aliphatic rings. The summed E-state index contributed by atoms with van der Waals surface area (Å²) >= 11 is 6.20. The van der Waals surface area contributed by atoms with Crippen LogP contribution < -0.4 is 15.0 Å². The van der Waals surface area contributed by atoms with E-state index in [0.29, 0.717) is 58.7 Å². The second-order valence-corrected chi connectivity index (χ2v) is 8.82. The van der Waals surface area contributed by atoms with E-state index in [1.807, 2.05) is 36.9 Å². The zero-order chi connectivity index (χ0) is 25.4. The molecule has 0 radical (unpaired) electrons. The summed E-state index contributed by atoms with van der Waals surface area (Å²) in [6.45, 7) is 4.72. The topological polar surface area (TPSA) is 105 Å². The van der Waals surface area contributed by atoms with E-state index in [2.05, 4.69) is 15.3 Å².